The molecule has 2 heterocycles. The lowest BCUT2D eigenvalue weighted by molar-refractivity contribution is 0.457. The third-order valence-electron chi connectivity index (χ3n) is 4.96. The van der Waals surface area contributed by atoms with Crippen LogP contribution in [0.3, 0.4) is 0 Å². The minimum absolute atomic E-state index is 0.351. The van der Waals surface area contributed by atoms with Crippen molar-refractivity contribution in [2.45, 2.75) is 19.6 Å². The highest BCUT2D eigenvalue weighted by molar-refractivity contribution is 5.79. The molecule has 0 bridgehead atoms. The maximum absolute atomic E-state index is 13.3. The Balaban J connectivity index is 1.29. The molecule has 2 N–H and O–H groups in total. The number of benzene rings is 2. The highest BCUT2D eigenvalue weighted by Crippen LogP contribution is 2.20. The molecule has 7 nitrogen and oxygen atoms in total. The lowest BCUT2D eigenvalue weighted by Gasteiger charge is -2.14. The van der Waals surface area contributed by atoms with E-state index >= 15 is 0 Å². The summed E-state index contributed by atoms with van der Waals surface area (Å²) in [5.74, 6) is 1.15. The fourth-order valence-corrected chi connectivity index (χ4v) is 3.27. The van der Waals surface area contributed by atoms with E-state index in [1.807, 2.05) is 35.1 Å². The van der Waals surface area contributed by atoms with Gasteiger partial charge in [0, 0.05) is 50.9 Å². The van der Waals surface area contributed by atoms with Crippen molar-refractivity contribution in [2.24, 2.45) is 4.99 Å². The molecule has 4 rings (SSSR count). The lowest BCUT2D eigenvalue weighted by Crippen LogP contribution is -2.36. The summed E-state index contributed by atoms with van der Waals surface area (Å²) < 4.78 is 20.8. The number of aliphatic imine (C=N–C) groups is 1. The lowest BCUT2D eigenvalue weighted by atomic mass is 10.1. The molecule has 4 aromatic rings. The van der Waals surface area contributed by atoms with E-state index in [-0.39, 0.29) is 5.82 Å². The molecular weight excluding hydrogens is 419 g/mol. The molecule has 0 unspecified atom stereocenters. The molecule has 0 aliphatic rings. The van der Waals surface area contributed by atoms with Crippen LogP contribution >= 0.6 is 0 Å². The number of ether oxygens (including phenoxy) is 1. The predicted molar refractivity (Wildman–Crippen MR) is 126 cm³/mol. The number of hydrogen-bond acceptors (Lipinski definition) is 4. The topological polar surface area (TPSA) is 76.4 Å². The van der Waals surface area contributed by atoms with Crippen LogP contribution in [0.5, 0.6) is 11.6 Å². The molecule has 8 heteroatoms. The van der Waals surface area contributed by atoms with Crippen molar-refractivity contribution < 1.29 is 9.13 Å². The minimum atomic E-state index is -0.351. The molecule has 0 aliphatic carbocycles. The van der Waals surface area contributed by atoms with Crippen molar-refractivity contribution in [3.63, 3.8) is 0 Å². The van der Waals surface area contributed by atoms with Gasteiger partial charge in [0.05, 0.1) is 6.54 Å². The van der Waals surface area contributed by atoms with Crippen LogP contribution < -0.4 is 15.4 Å². The van der Waals surface area contributed by atoms with Gasteiger partial charge in [0.15, 0.2) is 5.96 Å². The average Bonchev–Trinajstić information content (AvgIpc) is 3.34. The van der Waals surface area contributed by atoms with Crippen LogP contribution in [-0.4, -0.2) is 27.8 Å². The van der Waals surface area contributed by atoms with Gasteiger partial charge in [-0.2, -0.15) is 5.10 Å². The highest BCUT2D eigenvalue weighted by atomic mass is 19.1. The first-order chi connectivity index (χ1) is 16.2. The Kier molecular flexibility index (Phi) is 7.27. The number of pyridine rings is 1. The van der Waals surface area contributed by atoms with Gasteiger partial charge >= 0.3 is 0 Å². The number of halogens is 1. The molecule has 0 saturated carbocycles. The Hall–Kier alpha value is -4.20. The first-order valence-electron chi connectivity index (χ1n) is 10.6. The van der Waals surface area contributed by atoms with Crippen LogP contribution in [0.2, 0.25) is 0 Å². The van der Waals surface area contributed by atoms with Crippen molar-refractivity contribution in [2.75, 3.05) is 7.05 Å². The van der Waals surface area contributed by atoms with Gasteiger partial charge in [0.1, 0.15) is 11.6 Å². The molecule has 2 aromatic heterocycles. The smallest absolute Gasteiger partial charge is 0.219 e. The summed E-state index contributed by atoms with van der Waals surface area (Å²) in [7, 11) is 1.74. The van der Waals surface area contributed by atoms with Gasteiger partial charge < -0.3 is 15.4 Å². The van der Waals surface area contributed by atoms with E-state index in [9.17, 15) is 4.39 Å². The Morgan fingerprint density at radius 3 is 2.58 bits per heavy atom. The van der Waals surface area contributed by atoms with Gasteiger partial charge in [-0.05, 0) is 34.9 Å². The summed E-state index contributed by atoms with van der Waals surface area (Å²) >= 11 is 0. The molecule has 0 radical (unpaired) electrons. The second-order valence-electron chi connectivity index (χ2n) is 7.32. The molecule has 0 aliphatic heterocycles. The van der Waals surface area contributed by atoms with Crippen LogP contribution in [0.25, 0.3) is 0 Å². The predicted octanol–water partition coefficient (Wildman–Crippen LogP) is 4.12. The molecule has 33 heavy (non-hydrogen) atoms. The largest absolute Gasteiger partial charge is 0.439 e. The fraction of sp³-hybridized carbons (Fsp3) is 0.160. The molecule has 2 aromatic carbocycles. The van der Waals surface area contributed by atoms with Gasteiger partial charge in [0.2, 0.25) is 5.88 Å². The monoisotopic (exact) mass is 444 g/mol. The summed E-state index contributed by atoms with van der Waals surface area (Å²) in [6.45, 7) is 1.89. The number of nitrogens with zero attached hydrogens (tertiary/aromatic N) is 4. The van der Waals surface area contributed by atoms with E-state index in [2.05, 4.69) is 37.8 Å². The van der Waals surface area contributed by atoms with Crippen molar-refractivity contribution in [1.29, 1.82) is 0 Å². The molecule has 168 valence electrons. The molecule has 0 saturated heterocycles. The second-order valence-corrected chi connectivity index (χ2v) is 7.32. The third kappa shape index (κ3) is 6.39. The maximum Gasteiger partial charge on any atom is 0.219 e. The first-order valence-corrected chi connectivity index (χ1v) is 10.6. The zero-order chi connectivity index (χ0) is 22.9. The van der Waals surface area contributed by atoms with Gasteiger partial charge in [-0.25, -0.2) is 9.37 Å². The van der Waals surface area contributed by atoms with Crippen molar-refractivity contribution in [1.82, 2.24) is 25.4 Å². The van der Waals surface area contributed by atoms with Gasteiger partial charge in [-0.15, -0.1) is 0 Å². The zero-order valence-corrected chi connectivity index (χ0v) is 18.3. The van der Waals surface area contributed by atoms with E-state index in [1.165, 1.54) is 23.3 Å². The number of guanidine groups is 1. The zero-order valence-electron chi connectivity index (χ0n) is 18.3. The Morgan fingerprint density at radius 1 is 1.00 bits per heavy atom. The van der Waals surface area contributed by atoms with E-state index < -0.39 is 0 Å². The highest BCUT2D eigenvalue weighted by Gasteiger charge is 2.06. The number of aromatic nitrogens is 3. The third-order valence-corrected chi connectivity index (χ3v) is 4.96. The van der Waals surface area contributed by atoms with E-state index in [0.717, 1.165) is 5.56 Å². The van der Waals surface area contributed by atoms with Crippen LogP contribution in [-0.2, 0) is 19.6 Å². The van der Waals surface area contributed by atoms with E-state index in [1.54, 1.807) is 37.6 Å². The normalized spacial score (nSPS) is 11.3. The van der Waals surface area contributed by atoms with Crippen LogP contribution in [0.1, 0.15) is 16.7 Å². The van der Waals surface area contributed by atoms with Crippen LogP contribution in [0.15, 0.2) is 90.3 Å². The summed E-state index contributed by atoms with van der Waals surface area (Å²) in [5.41, 5.74) is 3.34. The quantitative estimate of drug-likeness (QED) is 0.316. The summed E-state index contributed by atoms with van der Waals surface area (Å²) in [5, 5.41) is 10.9. The summed E-state index contributed by atoms with van der Waals surface area (Å²) in [6.07, 6.45) is 5.45. The van der Waals surface area contributed by atoms with E-state index in [4.69, 9.17) is 4.74 Å². The second kappa shape index (κ2) is 10.9. The van der Waals surface area contributed by atoms with Crippen molar-refractivity contribution >= 4 is 5.96 Å². The van der Waals surface area contributed by atoms with Gasteiger partial charge in [-0.1, -0.05) is 36.4 Å². The standard InChI is InChI=1S/C25H25FN6O/c1-27-25(30-17-20-6-2-3-7-21(20)18-32-13-5-12-31-32)29-16-19-10-11-24(28-15-19)33-23-9-4-8-22(26)14-23/h2-15H,16-18H2,1H3,(H2,27,29,30). The number of hydrogen-bond donors (Lipinski definition) is 2. The van der Waals surface area contributed by atoms with Gasteiger partial charge in [0.25, 0.3) is 0 Å². The fourth-order valence-electron chi connectivity index (χ4n) is 3.27. The van der Waals surface area contributed by atoms with Crippen LogP contribution in [0.4, 0.5) is 4.39 Å². The molecule has 0 spiro atoms. The summed E-state index contributed by atoms with van der Waals surface area (Å²) in [6, 6.07) is 19.8. The molecule has 0 atom stereocenters. The SMILES string of the molecule is CN=C(NCc1ccc(Oc2cccc(F)c2)nc1)NCc1ccccc1Cn1cccn1. The Labute approximate surface area is 192 Å². The van der Waals surface area contributed by atoms with Gasteiger partial charge in [-0.3, -0.25) is 9.67 Å². The van der Waals surface area contributed by atoms with Crippen molar-refractivity contribution in [3.05, 3.63) is 108 Å². The summed E-state index contributed by atoms with van der Waals surface area (Å²) in [4.78, 5) is 8.60. The van der Waals surface area contributed by atoms with Crippen LogP contribution in [0, 0.1) is 5.82 Å². The van der Waals surface area contributed by atoms with E-state index in [0.29, 0.717) is 37.2 Å². The van der Waals surface area contributed by atoms with Crippen molar-refractivity contribution in [3.8, 4) is 11.6 Å². The number of rotatable bonds is 8. The average molecular weight is 445 g/mol. The maximum atomic E-state index is 13.3. The molecular formula is C25H25FN6O. The Bertz CT molecular complexity index is 1190. The minimum Gasteiger partial charge on any atom is -0.439 e. The first kappa shape index (κ1) is 22.0. The molecule has 0 amide bonds. The molecule has 0 fully saturated rings. The Morgan fingerprint density at radius 2 is 1.85 bits per heavy atom. The number of nitrogens with one attached hydrogen (secondary N) is 2.